The van der Waals surface area contributed by atoms with Crippen molar-refractivity contribution in [2.75, 3.05) is 27.0 Å². The highest BCUT2D eigenvalue weighted by molar-refractivity contribution is 7.90. The molecule has 1 aromatic carbocycles. The first kappa shape index (κ1) is 15.6. The summed E-state index contributed by atoms with van der Waals surface area (Å²) in [6, 6.07) is 5.84. The van der Waals surface area contributed by atoms with Gasteiger partial charge in [0.2, 0.25) is 0 Å². The Hall–Kier alpha value is -1.44. The first-order valence-corrected chi connectivity index (χ1v) is 7.41. The van der Waals surface area contributed by atoms with Crippen LogP contribution in [0.2, 0.25) is 0 Å². The van der Waals surface area contributed by atoms with E-state index in [0.29, 0.717) is 0 Å². The van der Waals surface area contributed by atoms with E-state index in [1.807, 2.05) is 0 Å². The molecule has 1 amide bonds. The molecule has 0 aliphatic carbocycles. The number of ether oxygens (including phenoxy) is 2. The molecule has 0 atom stereocenters. The molecule has 0 aromatic heterocycles. The third kappa shape index (κ3) is 4.62. The van der Waals surface area contributed by atoms with Gasteiger partial charge in [-0.05, 0) is 18.2 Å². The zero-order valence-corrected chi connectivity index (χ0v) is 11.9. The van der Waals surface area contributed by atoms with Crippen LogP contribution < -0.4 is 5.32 Å². The van der Waals surface area contributed by atoms with E-state index in [1.54, 1.807) is 6.07 Å². The highest BCUT2D eigenvalue weighted by Gasteiger charge is 2.13. The molecule has 0 saturated carbocycles. The van der Waals surface area contributed by atoms with E-state index in [0.717, 1.165) is 6.26 Å². The number of hydrogen-bond donors (Lipinski definition) is 1. The molecule has 0 fully saturated rings. The maximum atomic E-state index is 11.8. The molecule has 106 valence electrons. The quantitative estimate of drug-likeness (QED) is 0.768. The largest absolute Gasteiger partial charge is 0.354 e. The van der Waals surface area contributed by atoms with Gasteiger partial charge in [0.15, 0.2) is 16.1 Å². The van der Waals surface area contributed by atoms with Crippen LogP contribution in [-0.2, 0) is 19.3 Å². The molecule has 7 heteroatoms. The molecule has 1 N–H and O–H groups in total. The van der Waals surface area contributed by atoms with Gasteiger partial charge in [0.05, 0.1) is 11.4 Å². The number of sulfone groups is 1. The summed E-state index contributed by atoms with van der Waals surface area (Å²) in [6.45, 7) is 0.176. The third-order valence-corrected chi connectivity index (χ3v) is 3.59. The fourth-order valence-electron chi connectivity index (χ4n) is 1.41. The highest BCUT2D eigenvalue weighted by atomic mass is 32.2. The monoisotopic (exact) mass is 287 g/mol. The van der Waals surface area contributed by atoms with Gasteiger partial charge in [0.25, 0.3) is 5.91 Å². The summed E-state index contributed by atoms with van der Waals surface area (Å²) in [5, 5.41) is 2.60. The number of amides is 1. The molecule has 0 radical (unpaired) electrons. The number of hydrogen-bond acceptors (Lipinski definition) is 5. The molecule has 6 nitrogen and oxygen atoms in total. The number of benzene rings is 1. The maximum absolute atomic E-state index is 11.8. The number of rotatable bonds is 6. The first-order valence-electron chi connectivity index (χ1n) is 5.52. The number of methoxy groups -OCH3 is 2. The summed E-state index contributed by atoms with van der Waals surface area (Å²) in [5.74, 6) is -0.385. The summed E-state index contributed by atoms with van der Waals surface area (Å²) < 4.78 is 32.7. The molecule has 0 heterocycles. The Morgan fingerprint density at radius 2 is 1.95 bits per heavy atom. The van der Waals surface area contributed by atoms with Crippen LogP contribution >= 0.6 is 0 Å². The molecule has 19 heavy (non-hydrogen) atoms. The van der Waals surface area contributed by atoms with Crippen molar-refractivity contribution in [3.63, 3.8) is 0 Å². The van der Waals surface area contributed by atoms with E-state index in [-0.39, 0.29) is 22.9 Å². The SMILES string of the molecule is COC(CNC(=O)c1cccc(S(C)(=O)=O)c1)OC. The van der Waals surface area contributed by atoms with E-state index in [9.17, 15) is 13.2 Å². The lowest BCUT2D eigenvalue weighted by atomic mass is 10.2. The van der Waals surface area contributed by atoms with Crippen LogP contribution in [0, 0.1) is 0 Å². The molecule has 1 aromatic rings. The Kier molecular flexibility index (Phi) is 5.46. The Balaban J connectivity index is 2.78. The normalized spacial score (nSPS) is 11.6. The van der Waals surface area contributed by atoms with Crippen molar-refractivity contribution in [3.05, 3.63) is 29.8 Å². The van der Waals surface area contributed by atoms with E-state index in [4.69, 9.17) is 9.47 Å². The predicted molar refractivity (Wildman–Crippen MR) is 69.7 cm³/mol. The Morgan fingerprint density at radius 3 is 2.47 bits per heavy atom. The summed E-state index contributed by atoms with van der Waals surface area (Å²) >= 11 is 0. The molecule has 0 aliphatic rings. The molecule has 0 bridgehead atoms. The Bertz CT molecular complexity index is 537. The number of carbonyl (C=O) groups excluding carboxylic acids is 1. The summed E-state index contributed by atoms with van der Waals surface area (Å²) in [4.78, 5) is 11.9. The van der Waals surface area contributed by atoms with Gasteiger partial charge in [0, 0.05) is 26.0 Å². The van der Waals surface area contributed by atoms with Crippen molar-refractivity contribution >= 4 is 15.7 Å². The summed E-state index contributed by atoms with van der Waals surface area (Å²) in [7, 11) is -0.403. The minimum absolute atomic E-state index is 0.107. The predicted octanol–water partition coefficient (Wildman–Crippen LogP) is 0.439. The molecule has 0 saturated heterocycles. The lowest BCUT2D eigenvalue weighted by Crippen LogP contribution is -2.34. The third-order valence-electron chi connectivity index (χ3n) is 2.48. The second-order valence-electron chi connectivity index (χ2n) is 3.91. The molecule has 0 spiro atoms. The van der Waals surface area contributed by atoms with Gasteiger partial charge in [0.1, 0.15) is 0 Å². The minimum atomic E-state index is -3.33. The Labute approximate surface area is 112 Å². The number of nitrogens with one attached hydrogen (secondary N) is 1. The van der Waals surface area contributed by atoms with Crippen LogP contribution in [0.15, 0.2) is 29.2 Å². The zero-order chi connectivity index (χ0) is 14.5. The molecule has 1 rings (SSSR count). The maximum Gasteiger partial charge on any atom is 0.251 e. The molecule has 0 aliphatic heterocycles. The van der Waals surface area contributed by atoms with Crippen molar-refractivity contribution in [2.45, 2.75) is 11.2 Å². The summed E-state index contributed by atoms with van der Waals surface area (Å²) in [5.41, 5.74) is 0.272. The van der Waals surface area contributed by atoms with Crippen LogP contribution in [0.4, 0.5) is 0 Å². The van der Waals surface area contributed by atoms with Crippen LogP contribution in [0.25, 0.3) is 0 Å². The standard InChI is InChI=1S/C12H17NO5S/c1-17-11(18-2)8-13-12(14)9-5-4-6-10(7-9)19(3,15)16/h4-7,11H,8H2,1-3H3,(H,13,14). The van der Waals surface area contributed by atoms with Crippen LogP contribution in [0.5, 0.6) is 0 Å². The van der Waals surface area contributed by atoms with Gasteiger partial charge in [-0.15, -0.1) is 0 Å². The van der Waals surface area contributed by atoms with Crippen molar-refractivity contribution in [3.8, 4) is 0 Å². The van der Waals surface area contributed by atoms with Crippen LogP contribution in [0.1, 0.15) is 10.4 Å². The molecular weight excluding hydrogens is 270 g/mol. The van der Waals surface area contributed by atoms with E-state index >= 15 is 0 Å². The van der Waals surface area contributed by atoms with Gasteiger partial charge in [-0.3, -0.25) is 4.79 Å². The van der Waals surface area contributed by atoms with Gasteiger partial charge >= 0.3 is 0 Å². The van der Waals surface area contributed by atoms with Crippen molar-refractivity contribution in [1.29, 1.82) is 0 Å². The van der Waals surface area contributed by atoms with E-state index < -0.39 is 16.1 Å². The molecule has 0 unspecified atom stereocenters. The van der Waals surface area contributed by atoms with Crippen LogP contribution in [0.3, 0.4) is 0 Å². The fraction of sp³-hybridized carbons (Fsp3) is 0.417. The van der Waals surface area contributed by atoms with Crippen LogP contribution in [-0.4, -0.2) is 47.6 Å². The average molecular weight is 287 g/mol. The topological polar surface area (TPSA) is 81.7 Å². The van der Waals surface area contributed by atoms with Gasteiger partial charge in [-0.25, -0.2) is 8.42 Å². The van der Waals surface area contributed by atoms with Gasteiger partial charge in [-0.1, -0.05) is 6.07 Å². The zero-order valence-electron chi connectivity index (χ0n) is 11.0. The second-order valence-corrected chi connectivity index (χ2v) is 5.93. The molecular formula is C12H17NO5S. The van der Waals surface area contributed by atoms with Crippen molar-refractivity contribution in [2.24, 2.45) is 0 Å². The smallest absolute Gasteiger partial charge is 0.251 e. The highest BCUT2D eigenvalue weighted by Crippen LogP contribution is 2.11. The summed E-state index contributed by atoms with van der Waals surface area (Å²) in [6.07, 6.45) is 0.553. The van der Waals surface area contributed by atoms with E-state index in [2.05, 4.69) is 5.32 Å². The van der Waals surface area contributed by atoms with Gasteiger partial charge in [-0.2, -0.15) is 0 Å². The first-order chi connectivity index (χ1) is 8.88. The number of carbonyl (C=O) groups is 1. The lowest BCUT2D eigenvalue weighted by molar-refractivity contribution is -0.0974. The average Bonchev–Trinajstić information content (AvgIpc) is 2.39. The Morgan fingerprint density at radius 1 is 1.32 bits per heavy atom. The minimum Gasteiger partial charge on any atom is -0.354 e. The van der Waals surface area contributed by atoms with Crippen molar-refractivity contribution < 1.29 is 22.7 Å². The second kappa shape index (κ2) is 6.65. The lowest BCUT2D eigenvalue weighted by Gasteiger charge is -2.14. The van der Waals surface area contributed by atoms with Crippen molar-refractivity contribution in [1.82, 2.24) is 5.32 Å². The fourth-order valence-corrected chi connectivity index (χ4v) is 2.08. The van der Waals surface area contributed by atoms with Gasteiger partial charge < -0.3 is 14.8 Å². The van der Waals surface area contributed by atoms with E-state index in [1.165, 1.54) is 32.4 Å².